The predicted octanol–water partition coefficient (Wildman–Crippen LogP) is 3.03. The minimum absolute atomic E-state index is 0.0669. The lowest BCUT2D eigenvalue weighted by Crippen LogP contribution is -2.16. The van der Waals surface area contributed by atoms with Gasteiger partial charge >= 0.3 is 0 Å². The SMILES string of the molecule is Cc1nc2ncc(-c3cn(C)c(=O)c4[nH]ccc34)nc2n1Cc1ccccc1. The van der Waals surface area contributed by atoms with Crippen LogP contribution in [-0.2, 0) is 13.6 Å². The second-order valence-corrected chi connectivity index (χ2v) is 6.86. The van der Waals surface area contributed by atoms with Crippen LogP contribution in [-0.4, -0.2) is 29.1 Å². The lowest BCUT2D eigenvalue weighted by atomic mass is 10.1. The van der Waals surface area contributed by atoms with Crippen LogP contribution in [0.1, 0.15) is 11.4 Å². The minimum atomic E-state index is -0.0669. The van der Waals surface area contributed by atoms with Crippen molar-refractivity contribution in [1.29, 1.82) is 0 Å². The molecule has 0 bridgehead atoms. The molecule has 0 atom stereocenters. The van der Waals surface area contributed by atoms with Crippen LogP contribution in [0.15, 0.2) is 59.8 Å². The van der Waals surface area contributed by atoms with Gasteiger partial charge in [-0.15, -0.1) is 0 Å². The molecule has 0 spiro atoms. The number of H-pyrrole nitrogens is 1. The van der Waals surface area contributed by atoms with Gasteiger partial charge in [-0.2, -0.15) is 0 Å². The normalized spacial score (nSPS) is 11.5. The molecule has 28 heavy (non-hydrogen) atoms. The van der Waals surface area contributed by atoms with E-state index in [2.05, 4.69) is 31.7 Å². The zero-order chi connectivity index (χ0) is 19.3. The number of aromatic amines is 1. The Labute approximate surface area is 160 Å². The Hall–Kier alpha value is -3.74. The van der Waals surface area contributed by atoms with Gasteiger partial charge in [0.05, 0.1) is 18.4 Å². The summed E-state index contributed by atoms with van der Waals surface area (Å²) in [6, 6.07) is 12.1. The van der Waals surface area contributed by atoms with Crippen LogP contribution in [0, 0.1) is 6.92 Å². The van der Waals surface area contributed by atoms with Crippen molar-refractivity contribution in [2.24, 2.45) is 7.05 Å². The summed E-state index contributed by atoms with van der Waals surface area (Å²) in [5, 5.41) is 0.836. The summed E-state index contributed by atoms with van der Waals surface area (Å²) in [7, 11) is 1.74. The van der Waals surface area contributed by atoms with Gasteiger partial charge in [0.25, 0.3) is 5.56 Å². The number of nitrogens with zero attached hydrogens (tertiary/aromatic N) is 5. The van der Waals surface area contributed by atoms with Crippen molar-refractivity contribution in [2.75, 3.05) is 0 Å². The topological polar surface area (TPSA) is 81.4 Å². The molecule has 5 rings (SSSR count). The molecule has 7 nitrogen and oxygen atoms in total. The Morgan fingerprint density at radius 3 is 2.75 bits per heavy atom. The lowest BCUT2D eigenvalue weighted by molar-refractivity contribution is 0.777. The molecule has 0 amide bonds. The first-order valence-electron chi connectivity index (χ1n) is 9.03. The van der Waals surface area contributed by atoms with Crippen LogP contribution >= 0.6 is 0 Å². The number of aromatic nitrogens is 6. The maximum atomic E-state index is 12.3. The molecular formula is C21H18N6O. The van der Waals surface area contributed by atoms with E-state index in [1.165, 1.54) is 5.56 Å². The highest BCUT2D eigenvalue weighted by Crippen LogP contribution is 2.26. The van der Waals surface area contributed by atoms with E-state index in [1.807, 2.05) is 31.2 Å². The third-order valence-corrected chi connectivity index (χ3v) is 5.00. The van der Waals surface area contributed by atoms with Gasteiger partial charge in [0.1, 0.15) is 11.3 Å². The molecule has 0 unspecified atom stereocenters. The van der Waals surface area contributed by atoms with Crippen molar-refractivity contribution < 1.29 is 0 Å². The molecule has 5 aromatic rings. The maximum absolute atomic E-state index is 12.3. The summed E-state index contributed by atoms with van der Waals surface area (Å²) < 4.78 is 3.63. The predicted molar refractivity (Wildman–Crippen MR) is 108 cm³/mol. The lowest BCUT2D eigenvalue weighted by Gasteiger charge is -2.08. The molecule has 0 saturated carbocycles. The fourth-order valence-electron chi connectivity index (χ4n) is 3.56. The molecule has 0 aliphatic rings. The third kappa shape index (κ3) is 2.51. The van der Waals surface area contributed by atoms with Gasteiger partial charge < -0.3 is 14.1 Å². The average Bonchev–Trinajstić information content (AvgIpc) is 3.31. The third-order valence-electron chi connectivity index (χ3n) is 5.00. The zero-order valence-electron chi connectivity index (χ0n) is 15.5. The van der Waals surface area contributed by atoms with Gasteiger partial charge in [-0.05, 0) is 18.6 Å². The van der Waals surface area contributed by atoms with Crippen molar-refractivity contribution in [3.05, 3.63) is 76.7 Å². The van der Waals surface area contributed by atoms with E-state index >= 15 is 0 Å². The molecule has 4 aromatic heterocycles. The first-order valence-corrected chi connectivity index (χ1v) is 9.03. The largest absolute Gasteiger partial charge is 0.357 e. The number of imidazole rings is 1. The molecule has 0 aliphatic carbocycles. The first kappa shape index (κ1) is 16.4. The van der Waals surface area contributed by atoms with Gasteiger partial charge in [0.2, 0.25) is 0 Å². The van der Waals surface area contributed by atoms with Crippen molar-refractivity contribution in [3.8, 4) is 11.3 Å². The van der Waals surface area contributed by atoms with Crippen molar-refractivity contribution in [3.63, 3.8) is 0 Å². The van der Waals surface area contributed by atoms with Crippen molar-refractivity contribution in [2.45, 2.75) is 13.5 Å². The number of nitrogens with one attached hydrogen (secondary N) is 1. The number of pyridine rings is 1. The molecule has 0 aliphatic heterocycles. The highest BCUT2D eigenvalue weighted by Gasteiger charge is 2.15. The van der Waals surface area contributed by atoms with Gasteiger partial charge in [-0.3, -0.25) is 4.79 Å². The van der Waals surface area contributed by atoms with E-state index in [9.17, 15) is 4.79 Å². The van der Waals surface area contributed by atoms with Gasteiger partial charge in [-0.25, -0.2) is 15.0 Å². The van der Waals surface area contributed by atoms with E-state index in [0.717, 1.165) is 22.4 Å². The number of hydrogen-bond acceptors (Lipinski definition) is 4. The number of rotatable bonds is 3. The van der Waals surface area contributed by atoms with E-state index in [0.29, 0.717) is 23.4 Å². The second kappa shape index (κ2) is 6.16. The zero-order valence-corrected chi connectivity index (χ0v) is 15.5. The molecule has 4 heterocycles. The summed E-state index contributed by atoms with van der Waals surface area (Å²) in [6.07, 6.45) is 5.29. The van der Waals surface area contributed by atoms with Gasteiger partial charge in [0, 0.05) is 30.4 Å². The van der Waals surface area contributed by atoms with E-state index in [-0.39, 0.29) is 5.56 Å². The molecule has 138 valence electrons. The Bertz CT molecular complexity index is 1380. The monoisotopic (exact) mass is 370 g/mol. The molecule has 0 fully saturated rings. The van der Waals surface area contributed by atoms with E-state index in [4.69, 9.17) is 4.98 Å². The highest BCUT2D eigenvalue weighted by molar-refractivity contribution is 5.93. The van der Waals surface area contributed by atoms with Crippen LogP contribution in [0.3, 0.4) is 0 Å². The van der Waals surface area contributed by atoms with Crippen LogP contribution in [0.5, 0.6) is 0 Å². The molecule has 1 N–H and O–H groups in total. The Kier molecular flexibility index (Phi) is 3.61. The summed E-state index contributed by atoms with van der Waals surface area (Å²) in [6.45, 7) is 2.64. The molecule has 1 aromatic carbocycles. The molecular weight excluding hydrogens is 352 g/mol. The summed E-state index contributed by atoms with van der Waals surface area (Å²) in [5.41, 5.74) is 4.59. The Morgan fingerprint density at radius 2 is 1.93 bits per heavy atom. The van der Waals surface area contributed by atoms with Gasteiger partial charge in [-0.1, -0.05) is 30.3 Å². The van der Waals surface area contributed by atoms with Crippen molar-refractivity contribution in [1.82, 2.24) is 29.1 Å². The number of aryl methyl sites for hydroxylation is 2. The van der Waals surface area contributed by atoms with Crippen LogP contribution in [0.4, 0.5) is 0 Å². The highest BCUT2D eigenvalue weighted by atomic mass is 16.1. The van der Waals surface area contributed by atoms with Crippen LogP contribution in [0.2, 0.25) is 0 Å². The number of hydrogen-bond donors (Lipinski definition) is 1. The molecule has 0 saturated heterocycles. The average molecular weight is 370 g/mol. The Morgan fingerprint density at radius 1 is 1.11 bits per heavy atom. The quantitative estimate of drug-likeness (QED) is 0.529. The van der Waals surface area contributed by atoms with E-state index in [1.54, 1.807) is 30.2 Å². The second-order valence-electron chi connectivity index (χ2n) is 6.86. The smallest absolute Gasteiger partial charge is 0.274 e. The fourth-order valence-corrected chi connectivity index (χ4v) is 3.56. The van der Waals surface area contributed by atoms with Crippen LogP contribution < -0.4 is 5.56 Å². The van der Waals surface area contributed by atoms with Gasteiger partial charge in [0.15, 0.2) is 11.3 Å². The first-order chi connectivity index (χ1) is 13.6. The summed E-state index contributed by atoms with van der Waals surface area (Å²) in [4.78, 5) is 29.3. The van der Waals surface area contributed by atoms with Crippen molar-refractivity contribution >= 4 is 22.2 Å². The van der Waals surface area contributed by atoms with Crippen LogP contribution in [0.25, 0.3) is 33.5 Å². The summed E-state index contributed by atoms with van der Waals surface area (Å²) in [5.74, 6) is 0.864. The maximum Gasteiger partial charge on any atom is 0.274 e. The van der Waals surface area contributed by atoms with E-state index < -0.39 is 0 Å². The minimum Gasteiger partial charge on any atom is -0.357 e. The Balaban J connectivity index is 1.71. The fraction of sp³-hybridized carbons (Fsp3) is 0.143. The molecule has 0 radical (unpaired) electrons. The molecule has 7 heteroatoms. The number of fused-ring (bicyclic) bond motifs is 2. The standard InChI is InChI=1S/C21H18N6O/c1-13-24-19-20(27(13)11-14-6-4-3-5-7-14)25-17(10-23-19)16-12-26(2)21(28)18-15(16)8-9-22-18/h3-10,12,22H,11H2,1-2H3. The number of benzene rings is 1. The summed E-state index contributed by atoms with van der Waals surface area (Å²) >= 11 is 0.